The number of nitrogens with one attached hydrogen (secondary N) is 2. The van der Waals surface area contributed by atoms with E-state index in [0.717, 1.165) is 33.2 Å². The van der Waals surface area contributed by atoms with Gasteiger partial charge >= 0.3 is 5.97 Å². The number of rotatable bonds is 11. The number of carbonyl (C=O) groups is 2. The largest absolute Gasteiger partial charge is 0.458 e. The van der Waals surface area contributed by atoms with Gasteiger partial charge in [0.15, 0.2) is 0 Å². The predicted molar refractivity (Wildman–Crippen MR) is 160 cm³/mol. The number of carbonyl (C=O) groups excluding carboxylic acids is 2. The second kappa shape index (κ2) is 12.9. The monoisotopic (exact) mass is 544 g/mol. The number of ether oxygens (including phenoxy) is 1. The SMILES string of the molecule is N[C@H](/C=C/C(=O)OCc1ccc2cn[nH]c2c1)CCC(=O)NC(c1ccccc1)(c1ccccc1)c1ccccc1. The van der Waals surface area contributed by atoms with Crippen molar-refractivity contribution in [2.24, 2.45) is 5.73 Å². The summed E-state index contributed by atoms with van der Waals surface area (Å²) in [7, 11) is 0. The summed E-state index contributed by atoms with van der Waals surface area (Å²) in [4.78, 5) is 25.7. The molecule has 5 rings (SSSR count). The number of amides is 1. The maximum atomic E-state index is 13.5. The Morgan fingerprint density at radius 1 is 0.878 bits per heavy atom. The Kier molecular flexibility index (Phi) is 8.67. The summed E-state index contributed by atoms with van der Waals surface area (Å²) in [6, 6.07) is 35.0. The molecule has 1 heterocycles. The molecule has 1 atom stereocenters. The maximum absolute atomic E-state index is 13.5. The van der Waals surface area contributed by atoms with E-state index in [4.69, 9.17) is 10.5 Å². The van der Waals surface area contributed by atoms with Gasteiger partial charge in [0.05, 0.1) is 11.7 Å². The van der Waals surface area contributed by atoms with Crippen molar-refractivity contribution in [3.05, 3.63) is 150 Å². The summed E-state index contributed by atoms with van der Waals surface area (Å²) in [5.74, 6) is -0.645. The second-order valence-corrected chi connectivity index (χ2v) is 9.86. The molecule has 5 aromatic rings. The van der Waals surface area contributed by atoms with Gasteiger partial charge in [-0.1, -0.05) is 109 Å². The molecule has 0 radical (unpaired) electrons. The van der Waals surface area contributed by atoms with Crippen molar-refractivity contribution in [2.45, 2.75) is 31.0 Å². The molecular weight excluding hydrogens is 512 g/mol. The number of esters is 1. The lowest BCUT2D eigenvalue weighted by molar-refractivity contribution is -0.139. The summed E-state index contributed by atoms with van der Waals surface area (Å²) < 4.78 is 5.35. The number of hydrogen-bond donors (Lipinski definition) is 3. The minimum atomic E-state index is -0.885. The Labute approximate surface area is 239 Å². The maximum Gasteiger partial charge on any atom is 0.330 e. The molecular formula is C34H32N4O3. The van der Waals surface area contributed by atoms with Crippen LogP contribution in [-0.2, 0) is 26.5 Å². The normalized spacial score (nSPS) is 12.3. The second-order valence-electron chi connectivity index (χ2n) is 9.86. The highest BCUT2D eigenvalue weighted by molar-refractivity contribution is 5.82. The molecule has 0 saturated carbocycles. The molecule has 0 saturated heterocycles. The first kappa shape index (κ1) is 27.6. The van der Waals surface area contributed by atoms with Crippen LogP contribution in [0.3, 0.4) is 0 Å². The number of nitrogens with two attached hydrogens (primary N) is 1. The van der Waals surface area contributed by atoms with Gasteiger partial charge in [0.25, 0.3) is 0 Å². The van der Waals surface area contributed by atoms with Crippen LogP contribution in [-0.4, -0.2) is 28.1 Å². The molecule has 4 aromatic carbocycles. The van der Waals surface area contributed by atoms with Gasteiger partial charge in [0, 0.05) is 23.9 Å². The minimum absolute atomic E-state index is 0.135. The van der Waals surface area contributed by atoms with Crippen LogP contribution < -0.4 is 11.1 Å². The smallest absolute Gasteiger partial charge is 0.330 e. The lowest BCUT2D eigenvalue weighted by Gasteiger charge is -2.37. The first-order chi connectivity index (χ1) is 20.0. The zero-order valence-electron chi connectivity index (χ0n) is 22.6. The molecule has 1 aromatic heterocycles. The Morgan fingerprint density at radius 2 is 1.46 bits per heavy atom. The van der Waals surface area contributed by atoms with E-state index in [-0.39, 0.29) is 18.9 Å². The number of hydrogen-bond acceptors (Lipinski definition) is 5. The Balaban J connectivity index is 1.24. The molecule has 7 nitrogen and oxygen atoms in total. The lowest BCUT2D eigenvalue weighted by Crippen LogP contribution is -2.48. The highest BCUT2D eigenvalue weighted by Gasteiger charge is 2.37. The van der Waals surface area contributed by atoms with Crippen LogP contribution in [0.15, 0.2) is 128 Å². The summed E-state index contributed by atoms with van der Waals surface area (Å²) in [5.41, 5.74) is 9.93. The van der Waals surface area contributed by atoms with Gasteiger partial charge in [0.1, 0.15) is 12.1 Å². The molecule has 206 valence electrons. The predicted octanol–water partition coefficient (Wildman–Crippen LogP) is 5.38. The van der Waals surface area contributed by atoms with E-state index in [1.165, 1.54) is 6.08 Å². The number of aromatic nitrogens is 2. The number of fused-ring (bicyclic) bond motifs is 1. The van der Waals surface area contributed by atoms with Gasteiger partial charge in [-0.15, -0.1) is 0 Å². The molecule has 0 fully saturated rings. The summed E-state index contributed by atoms with van der Waals surface area (Å²) in [6.45, 7) is 0.135. The van der Waals surface area contributed by atoms with Gasteiger partial charge in [0.2, 0.25) is 5.91 Å². The van der Waals surface area contributed by atoms with E-state index in [0.29, 0.717) is 6.42 Å². The van der Waals surface area contributed by atoms with E-state index in [1.54, 1.807) is 12.3 Å². The average molecular weight is 545 g/mol. The van der Waals surface area contributed by atoms with Gasteiger partial charge in [-0.2, -0.15) is 5.10 Å². The summed E-state index contributed by atoms with van der Waals surface area (Å²) in [5, 5.41) is 11.2. The van der Waals surface area contributed by atoms with Crippen molar-refractivity contribution in [1.82, 2.24) is 15.5 Å². The summed E-state index contributed by atoms with van der Waals surface area (Å²) >= 11 is 0. The quantitative estimate of drug-likeness (QED) is 0.118. The highest BCUT2D eigenvalue weighted by Crippen LogP contribution is 2.36. The Bertz CT molecular complexity index is 1520. The van der Waals surface area contributed by atoms with Crippen LogP contribution >= 0.6 is 0 Å². The van der Waals surface area contributed by atoms with Crippen molar-refractivity contribution >= 4 is 22.8 Å². The van der Waals surface area contributed by atoms with E-state index < -0.39 is 17.6 Å². The zero-order valence-corrected chi connectivity index (χ0v) is 22.6. The highest BCUT2D eigenvalue weighted by atomic mass is 16.5. The third-order valence-electron chi connectivity index (χ3n) is 7.02. The molecule has 4 N–H and O–H groups in total. The molecule has 0 aliphatic heterocycles. The Morgan fingerprint density at radius 3 is 2.05 bits per heavy atom. The first-order valence-electron chi connectivity index (χ1n) is 13.5. The van der Waals surface area contributed by atoms with E-state index in [2.05, 4.69) is 15.5 Å². The molecule has 0 aliphatic rings. The first-order valence-corrected chi connectivity index (χ1v) is 13.5. The Hall–Kier alpha value is -5.01. The van der Waals surface area contributed by atoms with Crippen molar-refractivity contribution in [3.8, 4) is 0 Å². The van der Waals surface area contributed by atoms with Crippen LogP contribution in [0.2, 0.25) is 0 Å². The fourth-order valence-corrected chi connectivity index (χ4v) is 4.93. The van der Waals surface area contributed by atoms with E-state index in [9.17, 15) is 9.59 Å². The number of H-pyrrole nitrogens is 1. The van der Waals surface area contributed by atoms with Crippen molar-refractivity contribution in [2.75, 3.05) is 0 Å². The van der Waals surface area contributed by atoms with Crippen molar-refractivity contribution < 1.29 is 14.3 Å². The zero-order chi connectivity index (χ0) is 28.5. The van der Waals surface area contributed by atoms with Gasteiger partial charge in [-0.05, 0) is 34.7 Å². The molecule has 0 aliphatic carbocycles. The van der Waals surface area contributed by atoms with Crippen molar-refractivity contribution in [3.63, 3.8) is 0 Å². The fraction of sp³-hybridized carbons (Fsp3) is 0.147. The summed E-state index contributed by atoms with van der Waals surface area (Å²) in [6.07, 6.45) is 5.17. The van der Waals surface area contributed by atoms with Crippen LogP contribution in [0.25, 0.3) is 10.9 Å². The molecule has 0 bridgehead atoms. The fourth-order valence-electron chi connectivity index (χ4n) is 4.93. The molecule has 0 unspecified atom stereocenters. The minimum Gasteiger partial charge on any atom is -0.458 e. The standard InChI is InChI=1S/C34H32N4O3/c35-30(19-21-33(40)41-24-25-16-17-26-23-36-38-31(26)22-25)18-20-32(39)37-34(27-10-4-1-5-11-27,28-12-6-2-7-13-28)29-14-8-3-9-15-29/h1-17,19,21-23,30H,18,20,24,35H2,(H,36,38)(H,37,39)/b21-19+/t30-/m0/s1. The molecule has 41 heavy (non-hydrogen) atoms. The third-order valence-corrected chi connectivity index (χ3v) is 7.02. The molecule has 1 amide bonds. The van der Waals surface area contributed by atoms with E-state index in [1.807, 2.05) is 109 Å². The van der Waals surface area contributed by atoms with Crippen LogP contribution in [0, 0.1) is 0 Å². The third kappa shape index (κ3) is 6.59. The topological polar surface area (TPSA) is 110 Å². The lowest BCUT2D eigenvalue weighted by atomic mass is 9.77. The average Bonchev–Trinajstić information content (AvgIpc) is 3.50. The van der Waals surface area contributed by atoms with Crippen LogP contribution in [0.4, 0.5) is 0 Å². The van der Waals surface area contributed by atoms with Crippen LogP contribution in [0.5, 0.6) is 0 Å². The van der Waals surface area contributed by atoms with Crippen molar-refractivity contribution in [1.29, 1.82) is 0 Å². The number of nitrogens with zero attached hydrogens (tertiary/aromatic N) is 1. The van der Waals surface area contributed by atoms with Crippen LogP contribution in [0.1, 0.15) is 35.1 Å². The van der Waals surface area contributed by atoms with Gasteiger partial charge in [-0.3, -0.25) is 9.89 Å². The number of benzene rings is 4. The van der Waals surface area contributed by atoms with E-state index >= 15 is 0 Å². The molecule has 0 spiro atoms. The molecule has 7 heteroatoms. The number of aromatic amines is 1. The van der Waals surface area contributed by atoms with Gasteiger partial charge in [-0.25, -0.2) is 4.79 Å². The van der Waals surface area contributed by atoms with Gasteiger partial charge < -0.3 is 15.8 Å².